The molecule has 1 heterocycles. The number of ether oxygens (including phenoxy) is 1. The van der Waals surface area contributed by atoms with Crippen molar-refractivity contribution >= 4 is 31.6 Å². The molecule has 170 valence electrons. The summed E-state index contributed by atoms with van der Waals surface area (Å²) in [5.41, 5.74) is 0.212. The van der Waals surface area contributed by atoms with Crippen molar-refractivity contribution in [2.45, 2.75) is 26.0 Å². The lowest BCUT2D eigenvalue weighted by Gasteiger charge is -2.38. The van der Waals surface area contributed by atoms with Crippen LogP contribution < -0.4 is 9.46 Å². The van der Waals surface area contributed by atoms with Gasteiger partial charge in [0.1, 0.15) is 6.10 Å². The topological polar surface area (TPSA) is 133 Å². The van der Waals surface area contributed by atoms with Crippen molar-refractivity contribution in [1.29, 1.82) is 0 Å². The van der Waals surface area contributed by atoms with Gasteiger partial charge in [-0.3, -0.25) is 9.52 Å². The van der Waals surface area contributed by atoms with E-state index < -0.39 is 38.1 Å². The first-order valence-corrected chi connectivity index (χ1v) is 13.1. The van der Waals surface area contributed by atoms with Crippen LogP contribution in [0.3, 0.4) is 0 Å². The molecule has 0 spiro atoms. The van der Waals surface area contributed by atoms with Crippen LogP contribution in [0.5, 0.6) is 5.75 Å². The monoisotopic (exact) mass is 463 g/mol. The number of hydrogen-bond donors (Lipinski definition) is 2. The zero-order chi connectivity index (χ0) is 22.9. The minimum Gasteiger partial charge on any atom is -0.486 e. The molecule has 3 atom stereocenters. The molecule has 10 nitrogen and oxygen atoms in total. The van der Waals surface area contributed by atoms with Crippen LogP contribution in [0.15, 0.2) is 18.2 Å². The van der Waals surface area contributed by atoms with Gasteiger partial charge < -0.3 is 14.7 Å². The maximum absolute atomic E-state index is 13.2. The summed E-state index contributed by atoms with van der Waals surface area (Å²) in [5, 5.41) is 9.62. The van der Waals surface area contributed by atoms with E-state index in [2.05, 4.69) is 4.72 Å². The van der Waals surface area contributed by atoms with Crippen molar-refractivity contribution in [2.24, 2.45) is 5.92 Å². The number of nitrogens with zero attached hydrogens (tertiary/aromatic N) is 2. The maximum Gasteiger partial charge on any atom is 0.258 e. The summed E-state index contributed by atoms with van der Waals surface area (Å²) in [5.74, 6) is -0.696. The van der Waals surface area contributed by atoms with Crippen LogP contribution in [0.25, 0.3) is 0 Å². The van der Waals surface area contributed by atoms with Gasteiger partial charge in [0.2, 0.25) is 20.0 Å². The Bertz CT molecular complexity index is 995. The minimum atomic E-state index is -3.66. The Morgan fingerprint density at radius 1 is 1.30 bits per heavy atom. The van der Waals surface area contributed by atoms with Crippen LogP contribution >= 0.6 is 0 Å². The molecule has 2 N–H and O–H groups in total. The summed E-state index contributed by atoms with van der Waals surface area (Å²) in [6, 6.07) is 4.01. The quantitative estimate of drug-likeness (QED) is 0.589. The number of carbonyl (C=O) groups excluding carboxylic acids is 1. The molecule has 1 amide bonds. The van der Waals surface area contributed by atoms with Crippen LogP contribution in [-0.4, -0.2) is 88.5 Å². The number of aliphatic hydroxyl groups is 1. The van der Waals surface area contributed by atoms with E-state index >= 15 is 0 Å². The minimum absolute atomic E-state index is 0.00217. The number of aliphatic hydroxyl groups excluding tert-OH is 1. The van der Waals surface area contributed by atoms with Crippen LogP contribution in [0.1, 0.15) is 24.2 Å². The second-order valence-corrected chi connectivity index (χ2v) is 11.6. The zero-order valence-corrected chi connectivity index (χ0v) is 19.3. The van der Waals surface area contributed by atoms with Gasteiger partial charge in [0.15, 0.2) is 5.75 Å². The molecule has 1 aliphatic rings. The van der Waals surface area contributed by atoms with Gasteiger partial charge in [-0.1, -0.05) is 13.0 Å². The molecule has 0 saturated heterocycles. The van der Waals surface area contributed by atoms with Gasteiger partial charge in [-0.15, -0.1) is 0 Å². The van der Waals surface area contributed by atoms with Crippen molar-refractivity contribution in [3.05, 3.63) is 23.8 Å². The first-order valence-electron chi connectivity index (χ1n) is 9.35. The highest BCUT2D eigenvalue weighted by molar-refractivity contribution is 7.92. The Morgan fingerprint density at radius 3 is 2.47 bits per heavy atom. The third-order valence-corrected chi connectivity index (χ3v) is 6.86. The first kappa shape index (κ1) is 24.4. The molecule has 0 bridgehead atoms. The van der Waals surface area contributed by atoms with Gasteiger partial charge in [-0.05, 0) is 19.1 Å². The van der Waals surface area contributed by atoms with E-state index in [9.17, 15) is 26.7 Å². The number of fused-ring (bicyclic) bond motifs is 1. The van der Waals surface area contributed by atoms with Crippen molar-refractivity contribution in [3.63, 3.8) is 0 Å². The molecule has 0 aromatic heterocycles. The fourth-order valence-electron chi connectivity index (χ4n) is 3.13. The highest BCUT2D eigenvalue weighted by Gasteiger charge is 2.35. The van der Waals surface area contributed by atoms with Gasteiger partial charge in [0, 0.05) is 19.5 Å². The number of carbonyl (C=O) groups is 1. The zero-order valence-electron chi connectivity index (χ0n) is 17.7. The normalized spacial score (nSPS) is 21.4. The lowest BCUT2D eigenvalue weighted by Crippen LogP contribution is -2.50. The fourth-order valence-corrected chi connectivity index (χ4v) is 4.11. The van der Waals surface area contributed by atoms with E-state index in [0.717, 1.165) is 16.8 Å². The third kappa shape index (κ3) is 5.84. The molecule has 1 aromatic rings. The first-order chi connectivity index (χ1) is 13.7. The van der Waals surface area contributed by atoms with Crippen molar-refractivity contribution in [2.75, 3.05) is 44.0 Å². The average molecular weight is 464 g/mol. The third-order valence-electron chi connectivity index (χ3n) is 4.99. The van der Waals surface area contributed by atoms with Crippen LogP contribution in [0.4, 0.5) is 5.69 Å². The van der Waals surface area contributed by atoms with E-state index in [1.165, 1.54) is 30.1 Å². The van der Waals surface area contributed by atoms with E-state index in [1.807, 2.05) is 6.92 Å². The van der Waals surface area contributed by atoms with Crippen LogP contribution in [0, 0.1) is 5.92 Å². The van der Waals surface area contributed by atoms with Crippen LogP contribution in [-0.2, 0) is 20.0 Å². The molecule has 30 heavy (non-hydrogen) atoms. The number of benzene rings is 1. The van der Waals surface area contributed by atoms with Gasteiger partial charge in [-0.25, -0.2) is 21.1 Å². The molecule has 1 aliphatic heterocycles. The summed E-state index contributed by atoms with van der Waals surface area (Å²) in [6.45, 7) is 3.48. The Labute approximate surface area is 177 Å². The molecule has 12 heteroatoms. The number of likely N-dealkylation sites (N-methyl/N-ethyl adjacent to an activating group) is 1. The van der Waals surface area contributed by atoms with E-state index in [4.69, 9.17) is 4.74 Å². The molecule has 1 aromatic carbocycles. The lowest BCUT2D eigenvalue weighted by atomic mass is 9.99. The molecule has 0 saturated carbocycles. The maximum atomic E-state index is 13.2. The standard InChI is InChI=1S/C18H29N3O7S2/c1-12-9-21(13(2)11-22)18(23)14-7-6-8-15(19-29(4,24)25)17(14)28-16(12)10-20(3)30(5,26)27/h6-8,12-13,16,19,22H,9-11H2,1-5H3/t12-,13-,16-/m0/s1. The SMILES string of the molecule is C[C@H]1CN([C@@H](C)CO)C(=O)c2cccc(NS(C)(=O)=O)c2O[C@H]1CN(C)S(C)(=O)=O. The Hall–Kier alpha value is -1.89. The van der Waals surface area contributed by atoms with Gasteiger partial charge >= 0.3 is 0 Å². The highest BCUT2D eigenvalue weighted by atomic mass is 32.2. The average Bonchev–Trinajstić information content (AvgIpc) is 2.62. The van der Waals surface area contributed by atoms with E-state index in [0.29, 0.717) is 0 Å². The molecule has 0 fully saturated rings. The van der Waals surface area contributed by atoms with E-state index in [1.54, 1.807) is 6.92 Å². The van der Waals surface area contributed by atoms with Gasteiger partial charge in [-0.2, -0.15) is 0 Å². The fraction of sp³-hybridized carbons (Fsp3) is 0.611. The molecule has 0 unspecified atom stereocenters. The number of sulfonamides is 2. The van der Waals surface area contributed by atoms with Crippen LogP contribution in [0.2, 0.25) is 0 Å². The summed E-state index contributed by atoms with van der Waals surface area (Å²) in [6.07, 6.45) is 1.39. The number of hydrogen-bond acceptors (Lipinski definition) is 7. The molecule has 2 rings (SSSR count). The second-order valence-electron chi connectivity index (χ2n) is 7.72. The summed E-state index contributed by atoms with van der Waals surface area (Å²) in [7, 11) is -5.73. The number of amides is 1. The van der Waals surface area contributed by atoms with Gasteiger partial charge in [0.05, 0.1) is 43.0 Å². The number of rotatable bonds is 7. The molecule has 0 aliphatic carbocycles. The summed E-state index contributed by atoms with van der Waals surface area (Å²) in [4.78, 5) is 14.7. The highest BCUT2D eigenvalue weighted by Crippen LogP contribution is 2.35. The Kier molecular flexibility index (Phi) is 7.38. The Morgan fingerprint density at radius 2 is 1.93 bits per heavy atom. The molecular weight excluding hydrogens is 434 g/mol. The largest absolute Gasteiger partial charge is 0.486 e. The Balaban J connectivity index is 2.61. The van der Waals surface area contributed by atoms with Crippen molar-refractivity contribution in [1.82, 2.24) is 9.21 Å². The summed E-state index contributed by atoms with van der Waals surface area (Å²) >= 11 is 0. The second kappa shape index (κ2) is 9.08. The van der Waals surface area contributed by atoms with Crippen molar-refractivity contribution < 1.29 is 31.5 Å². The smallest absolute Gasteiger partial charge is 0.258 e. The number of nitrogens with one attached hydrogen (secondary N) is 1. The number of anilines is 1. The number of para-hydroxylation sites is 1. The van der Waals surface area contributed by atoms with Gasteiger partial charge in [0.25, 0.3) is 5.91 Å². The van der Waals surface area contributed by atoms with Crippen molar-refractivity contribution in [3.8, 4) is 5.75 Å². The molecule has 0 radical (unpaired) electrons. The predicted octanol–water partition coefficient (Wildman–Crippen LogP) is 0.170. The summed E-state index contributed by atoms with van der Waals surface area (Å²) < 4.78 is 57.0. The predicted molar refractivity (Wildman–Crippen MR) is 114 cm³/mol. The molecular formula is C18H29N3O7S2. The lowest BCUT2D eigenvalue weighted by molar-refractivity contribution is 0.0389. The van der Waals surface area contributed by atoms with E-state index in [-0.39, 0.29) is 42.6 Å².